The third kappa shape index (κ3) is 44.0. The topological polar surface area (TPSA) is 381 Å². The van der Waals surface area contributed by atoms with Gasteiger partial charge in [-0.05, 0) is 64.2 Å². The maximum absolute atomic E-state index is 14.8. The number of nitrogens with two attached hydrogens (primary N) is 1. The van der Waals surface area contributed by atoms with E-state index in [9.17, 15) is 24.0 Å². The molecule has 98 heavy (non-hydrogen) atoms. The van der Waals surface area contributed by atoms with Crippen molar-refractivity contribution in [2.45, 2.75) is 91.3 Å². The summed E-state index contributed by atoms with van der Waals surface area (Å²) in [7, 11) is 3.26. The lowest BCUT2D eigenvalue weighted by atomic mass is 10.0. The number of nitrogens with one attached hydrogen (secondary N) is 4. The molecule has 34 heteroatoms. The molecule has 0 saturated heterocycles. The molecule has 0 aliphatic heterocycles. The number of nitrogens with zero attached hydrogens (tertiary/aromatic N) is 7. The van der Waals surface area contributed by atoms with Gasteiger partial charge < -0.3 is 112 Å². The molecule has 0 unspecified atom stereocenters. The van der Waals surface area contributed by atoms with Crippen LogP contribution in [0, 0.1) is 12.8 Å². The van der Waals surface area contributed by atoms with E-state index in [-0.39, 0.29) is 43.7 Å². The number of carbonyl (C=O) groups excluding carboxylic acids is 5. The van der Waals surface area contributed by atoms with Crippen LogP contribution in [-0.4, -0.2) is 301 Å². The minimum absolute atomic E-state index is 0.0212. The van der Waals surface area contributed by atoms with Gasteiger partial charge in [0.05, 0.1) is 237 Å². The zero-order valence-electron chi connectivity index (χ0n) is 58.7. The number of hydrogen-bond donors (Lipinski definition) is 5. The largest absolute Gasteiger partial charge is 0.444 e. The third-order valence-corrected chi connectivity index (χ3v) is 13.3. The van der Waals surface area contributed by atoms with Gasteiger partial charge in [-0.3, -0.25) is 14.4 Å². The molecule has 0 fully saturated rings. The number of methoxy groups -OCH3 is 2. The lowest BCUT2D eigenvalue weighted by Gasteiger charge is -2.27. The Bertz CT molecular complexity index is 2460. The van der Waals surface area contributed by atoms with Crippen molar-refractivity contribution in [2.24, 2.45) is 11.7 Å². The highest BCUT2D eigenvalue weighted by Gasteiger charge is 2.31. The van der Waals surface area contributed by atoms with E-state index >= 15 is 0 Å². The van der Waals surface area contributed by atoms with Gasteiger partial charge in [0.25, 0.3) is 5.91 Å². The summed E-state index contributed by atoms with van der Waals surface area (Å²) in [6, 6.07) is 1.64. The second kappa shape index (κ2) is 55.6. The molecule has 3 aromatic rings. The second-order valence-corrected chi connectivity index (χ2v) is 22.9. The van der Waals surface area contributed by atoms with E-state index in [4.69, 9.17) is 86.3 Å². The highest BCUT2D eigenvalue weighted by atomic mass is 16.6. The van der Waals surface area contributed by atoms with Gasteiger partial charge in [-0.1, -0.05) is 30.3 Å². The number of urea groups is 1. The first kappa shape index (κ1) is 86.0. The van der Waals surface area contributed by atoms with Crippen LogP contribution in [0.25, 0.3) is 0 Å². The molecular weight excluding hydrogens is 1290 g/mol. The van der Waals surface area contributed by atoms with Crippen LogP contribution >= 0.6 is 0 Å². The van der Waals surface area contributed by atoms with E-state index in [0.717, 1.165) is 0 Å². The summed E-state index contributed by atoms with van der Waals surface area (Å²) in [5.74, 6) is -2.18. The lowest BCUT2D eigenvalue weighted by Crippen LogP contribution is -2.55. The molecule has 559 valence electrons. The van der Waals surface area contributed by atoms with Gasteiger partial charge in [-0.25, -0.2) is 19.0 Å². The summed E-state index contributed by atoms with van der Waals surface area (Å²) >= 11 is 0. The summed E-state index contributed by atoms with van der Waals surface area (Å²) in [5, 5.41) is 27.9. The fraction of sp³-hybridized carbons (Fsp3) is 0.750. The van der Waals surface area contributed by atoms with Crippen molar-refractivity contribution in [1.29, 1.82) is 0 Å². The van der Waals surface area contributed by atoms with Crippen molar-refractivity contribution < 1.29 is 104 Å². The number of aromatic nitrogens is 6. The zero-order valence-corrected chi connectivity index (χ0v) is 58.7. The number of carbonyl (C=O) groups is 5. The van der Waals surface area contributed by atoms with Crippen molar-refractivity contribution in [3.8, 4) is 0 Å². The maximum Gasteiger partial charge on any atom is 0.408 e. The van der Waals surface area contributed by atoms with Gasteiger partial charge in [0, 0.05) is 32.0 Å². The number of ether oxygens (including phenoxy) is 17. The molecular formula is C64H111N12O22. The molecule has 1 aromatic carbocycles. The van der Waals surface area contributed by atoms with Crippen LogP contribution in [0.5, 0.6) is 0 Å². The molecule has 0 spiro atoms. The van der Waals surface area contributed by atoms with Gasteiger partial charge >= 0.3 is 12.1 Å². The number of primary amides is 1. The quantitative estimate of drug-likeness (QED) is 0.0503. The van der Waals surface area contributed by atoms with Gasteiger partial charge in [-0.15, -0.1) is 10.2 Å². The summed E-state index contributed by atoms with van der Waals surface area (Å²) in [6.45, 7) is 26.7. The first-order valence-electron chi connectivity index (χ1n) is 33.2. The van der Waals surface area contributed by atoms with Gasteiger partial charge in [0.1, 0.15) is 29.1 Å². The molecule has 0 aliphatic carbocycles. The minimum Gasteiger partial charge on any atom is -0.444 e. The van der Waals surface area contributed by atoms with E-state index in [1.807, 2.05) is 0 Å². The summed E-state index contributed by atoms with van der Waals surface area (Å²) in [6.07, 6.45) is 2.90. The third-order valence-electron chi connectivity index (χ3n) is 13.3. The monoisotopic (exact) mass is 1400 g/mol. The van der Waals surface area contributed by atoms with Crippen LogP contribution in [0.2, 0.25) is 0 Å². The van der Waals surface area contributed by atoms with Crippen LogP contribution in [0.3, 0.4) is 0 Å². The van der Waals surface area contributed by atoms with Crippen LogP contribution in [0.15, 0.2) is 30.6 Å². The Morgan fingerprint density at radius 2 is 0.898 bits per heavy atom. The molecule has 2 heterocycles. The molecule has 34 nitrogen and oxygen atoms in total. The second-order valence-electron chi connectivity index (χ2n) is 22.9. The Morgan fingerprint density at radius 3 is 1.24 bits per heavy atom. The number of alkyl carbamates (subject to hydrolysis) is 1. The van der Waals surface area contributed by atoms with Crippen molar-refractivity contribution in [3.05, 3.63) is 60.0 Å². The number of benzene rings is 1. The molecule has 0 saturated carbocycles. The normalized spacial score (nSPS) is 12.3. The van der Waals surface area contributed by atoms with Crippen molar-refractivity contribution in [1.82, 2.24) is 50.8 Å². The molecule has 0 bridgehead atoms. The number of hydrogen-bond acceptors (Lipinski definition) is 26. The molecule has 6 N–H and O–H groups in total. The Labute approximate surface area is 576 Å². The molecule has 2 aromatic heterocycles. The number of rotatable bonds is 63. The van der Waals surface area contributed by atoms with Crippen LogP contribution < -0.4 is 27.0 Å². The first-order chi connectivity index (χ1) is 47.5. The molecule has 1 radical (unpaired) electrons. The molecule has 0 aliphatic rings. The average molecular weight is 1400 g/mol. The van der Waals surface area contributed by atoms with Crippen LogP contribution in [0.4, 0.5) is 15.3 Å². The minimum atomic E-state index is -1.17. The van der Waals surface area contributed by atoms with Gasteiger partial charge in [-0.2, -0.15) is 0 Å². The highest BCUT2D eigenvalue weighted by Crippen LogP contribution is 2.21. The predicted octanol–water partition coefficient (Wildman–Crippen LogP) is 1.84. The first-order valence-corrected chi connectivity index (χ1v) is 33.2. The zero-order chi connectivity index (χ0) is 71.1. The Kier molecular flexibility index (Phi) is 48.8. The predicted molar refractivity (Wildman–Crippen MR) is 355 cm³/mol. The summed E-state index contributed by atoms with van der Waals surface area (Å²) < 4.78 is 96.2. The fourth-order valence-electron chi connectivity index (χ4n) is 8.35. The van der Waals surface area contributed by atoms with Crippen molar-refractivity contribution in [2.75, 3.05) is 224 Å². The maximum atomic E-state index is 14.8. The molecule has 6 amide bonds. The van der Waals surface area contributed by atoms with Crippen molar-refractivity contribution in [3.63, 3.8) is 0 Å². The van der Waals surface area contributed by atoms with E-state index < -0.39 is 53.4 Å². The highest BCUT2D eigenvalue weighted by molar-refractivity contribution is 6.01. The van der Waals surface area contributed by atoms with Gasteiger partial charge in [0.15, 0.2) is 0 Å². The summed E-state index contributed by atoms with van der Waals surface area (Å²) in [4.78, 5) is 68.5. The Hall–Kier alpha value is -6.19. The van der Waals surface area contributed by atoms with E-state index in [0.29, 0.717) is 228 Å². The Morgan fingerprint density at radius 1 is 0.531 bits per heavy atom. The van der Waals surface area contributed by atoms with E-state index in [1.165, 1.54) is 11.0 Å². The van der Waals surface area contributed by atoms with Gasteiger partial charge in [0.2, 0.25) is 11.8 Å². The number of amides is 6. The molecule has 3 rings (SSSR count). The Balaban J connectivity index is 1.54. The van der Waals surface area contributed by atoms with E-state index in [1.54, 1.807) is 82.7 Å². The standard InChI is InChI=1S/C64H111N12O22/c1-51(2)58(69-63(81)98-64(4,5)6)60(78)68-57(10-9-13-66-62(65)80)59(77)67-53-12-11-52(3)56(46-53)61(79)74(47-54-49-75(72-70-54)14-16-84-22-24-88-30-32-92-38-40-96-44-42-94-36-34-90-28-26-86-20-18-82-7)48-55-50-76(73-71-55)15-17-85-23-25-89-31-33-93-39-41-97-45-43-95-37-35-91-29-27-87-21-19-83-8/h11-12,46,49-51,57-58H,3,9-10,13-45,47-48H2,1-2,4-8H3,(H,67,77)(H,68,78)(H,69,81)(H3,65,66,80)/t57-,58-/m0/s1. The van der Waals surface area contributed by atoms with Crippen LogP contribution in [0.1, 0.15) is 74.8 Å². The lowest BCUT2D eigenvalue weighted by molar-refractivity contribution is -0.128. The molecule has 2 atom stereocenters. The van der Waals surface area contributed by atoms with Crippen molar-refractivity contribution >= 4 is 35.5 Å². The van der Waals surface area contributed by atoms with Crippen LogP contribution in [-0.2, 0) is 116 Å². The number of anilines is 1. The summed E-state index contributed by atoms with van der Waals surface area (Å²) in [5.41, 5.74) is 6.05. The van der Waals surface area contributed by atoms with E-state index in [2.05, 4.69) is 48.8 Å². The fourth-order valence-corrected chi connectivity index (χ4v) is 8.35. The average Bonchev–Trinajstić information content (AvgIpc) is 1.22. The SMILES string of the molecule is [CH2]c1ccc(NC(=O)[C@H](CCCNC(N)=O)NC(=O)[C@@H](NC(=O)OC(C)(C)C)C(C)C)cc1C(=O)N(Cc1cn(CCOCCOCCOCCOCCOCCOCCOCCOC)nn1)Cc1cn(CCOCCOCCOCCOCCOCCOCCOCCOC)nn1. The smallest absolute Gasteiger partial charge is 0.408 e.